The molecule has 1 atom stereocenters. The second-order valence-corrected chi connectivity index (χ2v) is 21.0. The number of nitrogens with zero attached hydrogens (tertiary/aromatic N) is 1. The smallest absolute Gasteiger partial charge is 0.272 e. The number of H-pyrrole nitrogens is 1. The number of Topliss-reactive ketones (excluding diaryl/α,β-unsaturated/α-hetero) is 1. The normalized spacial score (nSPS) is 12.6. The highest BCUT2D eigenvalue weighted by Gasteiger charge is 2.30. The van der Waals surface area contributed by atoms with Crippen molar-refractivity contribution in [3.05, 3.63) is 221 Å². The van der Waals surface area contributed by atoms with Crippen LogP contribution in [0.2, 0.25) is 0 Å². The maximum Gasteiger partial charge on any atom is 0.272 e. The Morgan fingerprint density at radius 1 is 0.507 bits per heavy atom. The Labute approximate surface area is 400 Å². The van der Waals surface area contributed by atoms with Crippen LogP contribution in [0.4, 0.5) is 0 Å². The van der Waals surface area contributed by atoms with Crippen molar-refractivity contribution in [3.8, 4) is 45.4 Å². The molecule has 1 heterocycles. The van der Waals surface area contributed by atoms with Gasteiger partial charge in [0.15, 0.2) is 0 Å². The molecule has 344 valence electrons. The van der Waals surface area contributed by atoms with Crippen LogP contribution < -0.4 is 15.0 Å². The van der Waals surface area contributed by atoms with Gasteiger partial charge in [-0.3, -0.25) is 4.79 Å². The summed E-state index contributed by atoms with van der Waals surface area (Å²) in [4.78, 5) is 25.2. The van der Waals surface area contributed by atoms with Crippen LogP contribution in [0.15, 0.2) is 219 Å². The van der Waals surface area contributed by atoms with Crippen molar-refractivity contribution in [2.24, 2.45) is 0 Å². The van der Waals surface area contributed by atoms with Crippen molar-refractivity contribution in [2.45, 2.75) is 58.6 Å². The van der Waals surface area contributed by atoms with Crippen molar-refractivity contribution >= 4 is 36.2 Å². The van der Waals surface area contributed by atoms with Crippen molar-refractivity contribution in [3.63, 3.8) is 0 Å². The molecule has 10 nitrogen and oxygen atoms in total. The zero-order chi connectivity index (χ0) is 48.3. The van der Waals surface area contributed by atoms with Gasteiger partial charge < -0.3 is 14.3 Å². The van der Waals surface area contributed by atoms with E-state index in [9.17, 15) is 26.4 Å². The molecule has 0 aliphatic heterocycles. The number of ether oxygens (including phenoxy) is 2. The minimum atomic E-state index is -3.84. The predicted octanol–water partition coefficient (Wildman–Crippen LogP) is 12.5. The number of sulfone groups is 2. The summed E-state index contributed by atoms with van der Waals surface area (Å²) in [6.45, 7) is 5.61. The van der Waals surface area contributed by atoms with Gasteiger partial charge in [0.05, 0.1) is 30.7 Å². The maximum atomic E-state index is 13.7. The molecule has 1 N–H and O–H groups in total. The van der Waals surface area contributed by atoms with Crippen molar-refractivity contribution in [1.82, 2.24) is 10.2 Å². The van der Waals surface area contributed by atoms with Gasteiger partial charge in [0.2, 0.25) is 19.7 Å². The Morgan fingerprint density at radius 3 is 1.33 bits per heavy atom. The van der Waals surface area contributed by atoms with E-state index >= 15 is 0 Å². The number of hydrogen-bond donors (Lipinski definition) is 1. The lowest BCUT2D eigenvalue weighted by molar-refractivity contribution is -0.117. The third kappa shape index (κ3) is 9.76. The van der Waals surface area contributed by atoms with E-state index in [1.54, 1.807) is 104 Å². The van der Waals surface area contributed by atoms with E-state index in [1.165, 1.54) is 24.3 Å². The Balaban J connectivity index is 0.855. The summed E-state index contributed by atoms with van der Waals surface area (Å²) < 4.78 is 65.9. The second-order valence-electron chi connectivity index (χ2n) is 17.1. The molecule has 8 aromatic carbocycles. The summed E-state index contributed by atoms with van der Waals surface area (Å²) in [5, 5.41) is 8.11. The number of nitrogens with one attached hydrogen (secondary N) is 1. The van der Waals surface area contributed by atoms with Crippen LogP contribution >= 0.6 is 0 Å². The van der Waals surface area contributed by atoms with Gasteiger partial charge in [-0.15, -0.1) is 0 Å². The van der Waals surface area contributed by atoms with Crippen LogP contribution in [-0.4, -0.2) is 32.8 Å². The van der Waals surface area contributed by atoms with Gasteiger partial charge in [-0.25, -0.2) is 21.9 Å². The molecule has 0 saturated heterocycles. The zero-order valence-corrected chi connectivity index (χ0v) is 39.6. The van der Waals surface area contributed by atoms with Gasteiger partial charge in [-0.2, -0.15) is 5.10 Å². The molecule has 9 aromatic rings. The predicted molar refractivity (Wildman–Crippen MR) is 268 cm³/mol. The van der Waals surface area contributed by atoms with Crippen molar-refractivity contribution in [2.75, 3.05) is 0 Å². The number of benzene rings is 8. The van der Waals surface area contributed by atoms with E-state index in [0.717, 1.165) is 38.8 Å². The monoisotopic (exact) mass is 950 g/mol. The molecule has 0 saturated carbocycles. The number of aromatic amines is 1. The Bertz CT molecular complexity index is 3600. The fourth-order valence-corrected chi connectivity index (χ4v) is 10.8. The van der Waals surface area contributed by atoms with Crippen LogP contribution in [0.1, 0.15) is 43.4 Å². The van der Waals surface area contributed by atoms with Gasteiger partial charge in [0.1, 0.15) is 28.8 Å². The van der Waals surface area contributed by atoms with E-state index in [0.29, 0.717) is 46.9 Å². The SMILES string of the molecule is CC(=O)CCC(C)(c1ccc(Oc2ccc(S(=O)(=O)c3ccc(C)cc3)cc2)cc1)c1ccc(-c2ccc(S(=O)(=O)c3ccc(Oc4ccc(-c5n[nH]c(=O)c6ccccc56)cc4)cc3)cc2)cc1. The number of aryl methyl sites for hydroxylation is 1. The van der Waals surface area contributed by atoms with Crippen molar-refractivity contribution in [1.29, 1.82) is 0 Å². The fraction of sp³-hybridized carbons (Fsp3) is 0.105. The number of ketones is 1. The third-order valence-corrected chi connectivity index (χ3v) is 16.0. The van der Waals surface area contributed by atoms with Crippen LogP contribution in [-0.2, 0) is 29.9 Å². The van der Waals surface area contributed by atoms with E-state index in [2.05, 4.69) is 17.1 Å². The van der Waals surface area contributed by atoms with Gasteiger partial charge in [-0.05, 0) is 158 Å². The molecule has 0 spiro atoms. The van der Waals surface area contributed by atoms with E-state index in [4.69, 9.17) is 9.47 Å². The standard InChI is InChI=1S/C57H46N2O8S2/c1-38-8-28-49(29-9-38)68(62,63)51-32-26-48(27-33-51)67-46-22-18-44(19-23-46)57(3,37-36-39(2)60)43-16-10-40(11-17-43)41-14-30-50(31-15-41)69(64,65)52-34-24-47(25-35-52)66-45-20-12-42(13-21-45)55-53-6-4-5-7-54(53)56(61)59-58-55/h4-35H,36-37H2,1-3H3,(H,59,61). The van der Waals surface area contributed by atoms with Crippen LogP contribution in [0.3, 0.4) is 0 Å². The first-order valence-corrected chi connectivity index (χ1v) is 25.2. The first-order chi connectivity index (χ1) is 33.2. The average Bonchev–Trinajstić information content (AvgIpc) is 3.37. The van der Waals surface area contributed by atoms with Gasteiger partial charge in [-0.1, -0.05) is 91.3 Å². The summed E-state index contributed by atoms with van der Waals surface area (Å²) in [5.41, 5.74) is 5.37. The molecule has 69 heavy (non-hydrogen) atoms. The lowest BCUT2D eigenvalue weighted by atomic mass is 9.72. The Morgan fingerprint density at radius 2 is 0.870 bits per heavy atom. The number of fused-ring (bicyclic) bond motifs is 1. The molecule has 12 heteroatoms. The molecular formula is C57H46N2O8S2. The minimum Gasteiger partial charge on any atom is -0.457 e. The van der Waals surface area contributed by atoms with Crippen LogP contribution in [0.5, 0.6) is 23.0 Å². The Hall–Kier alpha value is -7.93. The van der Waals surface area contributed by atoms with Gasteiger partial charge >= 0.3 is 0 Å². The highest BCUT2D eigenvalue weighted by molar-refractivity contribution is 7.91. The quantitative estimate of drug-likeness (QED) is 0.106. The molecule has 0 radical (unpaired) electrons. The number of hydrogen-bond acceptors (Lipinski definition) is 9. The molecule has 1 aromatic heterocycles. The third-order valence-electron chi connectivity index (χ3n) is 12.4. The number of rotatable bonds is 15. The lowest BCUT2D eigenvalue weighted by Crippen LogP contribution is -2.24. The molecule has 0 fully saturated rings. The summed E-state index contributed by atoms with van der Waals surface area (Å²) in [7, 11) is -7.51. The molecule has 0 aliphatic rings. The Kier molecular flexibility index (Phi) is 12.7. The van der Waals surface area contributed by atoms with Gasteiger partial charge in [0.25, 0.3) is 5.56 Å². The van der Waals surface area contributed by atoms with Crippen LogP contribution in [0, 0.1) is 6.92 Å². The summed E-state index contributed by atoms with van der Waals surface area (Å²) in [6.07, 6.45) is 0.950. The van der Waals surface area contributed by atoms with E-state index in [-0.39, 0.29) is 30.9 Å². The lowest BCUT2D eigenvalue weighted by Gasteiger charge is -2.31. The molecule has 9 rings (SSSR count). The second kappa shape index (κ2) is 19.0. The highest BCUT2D eigenvalue weighted by atomic mass is 32.2. The topological polar surface area (TPSA) is 150 Å². The zero-order valence-electron chi connectivity index (χ0n) is 37.9. The van der Waals surface area contributed by atoms with Crippen LogP contribution in [0.25, 0.3) is 33.2 Å². The highest BCUT2D eigenvalue weighted by Crippen LogP contribution is 2.39. The summed E-state index contributed by atoms with van der Waals surface area (Å²) in [5.74, 6) is 2.16. The molecule has 1 unspecified atom stereocenters. The first kappa shape index (κ1) is 46.2. The first-order valence-electron chi connectivity index (χ1n) is 22.2. The van der Waals surface area contributed by atoms with E-state index < -0.39 is 25.1 Å². The fourth-order valence-electron chi connectivity index (χ4n) is 8.28. The van der Waals surface area contributed by atoms with E-state index in [1.807, 2.05) is 79.7 Å². The maximum absolute atomic E-state index is 13.7. The average molecular weight is 951 g/mol. The summed E-state index contributed by atoms with van der Waals surface area (Å²) in [6, 6.07) is 56.5. The largest absolute Gasteiger partial charge is 0.457 e. The minimum absolute atomic E-state index is 0.0870. The number of carbonyl (C=O) groups is 1. The molecule has 0 amide bonds. The molecule has 0 bridgehead atoms. The number of aromatic nitrogens is 2. The molecule has 0 aliphatic carbocycles. The number of carbonyl (C=O) groups excluding carboxylic acids is 1. The molecular weight excluding hydrogens is 905 g/mol. The van der Waals surface area contributed by atoms with Crippen molar-refractivity contribution < 1.29 is 31.1 Å². The summed E-state index contributed by atoms with van der Waals surface area (Å²) >= 11 is 0. The van der Waals surface area contributed by atoms with Gasteiger partial charge in [0, 0.05) is 22.8 Å².